The maximum absolute atomic E-state index is 11.0. The van der Waals surface area contributed by atoms with Crippen molar-refractivity contribution in [2.75, 3.05) is 0 Å². The topological polar surface area (TPSA) is 98.4 Å². The Morgan fingerprint density at radius 2 is 2.12 bits per heavy atom. The van der Waals surface area contributed by atoms with Gasteiger partial charge >= 0.3 is 5.97 Å². The van der Waals surface area contributed by atoms with E-state index < -0.39 is 12.1 Å². The van der Waals surface area contributed by atoms with Gasteiger partial charge in [0.15, 0.2) is 6.10 Å². The summed E-state index contributed by atoms with van der Waals surface area (Å²) in [6, 6.07) is 6.27. The van der Waals surface area contributed by atoms with Crippen LogP contribution in [0.15, 0.2) is 18.2 Å². The van der Waals surface area contributed by atoms with Crippen molar-refractivity contribution in [2.24, 2.45) is 0 Å². The number of aliphatic hydroxyl groups is 1. The monoisotopic (exact) mass is 233 g/mol. The van der Waals surface area contributed by atoms with Crippen LogP contribution in [0.25, 0.3) is 0 Å². The lowest BCUT2D eigenvalue weighted by atomic mass is 9.95. The Balaban J connectivity index is 3.29. The van der Waals surface area contributed by atoms with Gasteiger partial charge in [0.2, 0.25) is 0 Å². The predicted molar refractivity (Wildman–Crippen MR) is 58.1 cm³/mol. The van der Waals surface area contributed by atoms with Gasteiger partial charge in [-0.15, -0.1) is 0 Å². The van der Waals surface area contributed by atoms with Crippen LogP contribution in [0.5, 0.6) is 0 Å². The van der Waals surface area contributed by atoms with Crippen LogP contribution in [-0.4, -0.2) is 22.0 Å². The number of carbonyl (C=O) groups is 2. The second-order valence-corrected chi connectivity index (χ2v) is 3.61. The number of aliphatic carboxylic acids is 1. The van der Waals surface area contributed by atoms with Crippen molar-refractivity contribution in [2.45, 2.75) is 19.4 Å². The van der Waals surface area contributed by atoms with Crippen LogP contribution >= 0.6 is 0 Å². The minimum absolute atomic E-state index is 0.0127. The predicted octanol–water partition coefficient (Wildman–Crippen LogP) is 0.808. The van der Waals surface area contributed by atoms with Gasteiger partial charge in [-0.3, -0.25) is 4.79 Å². The molecule has 0 aliphatic carbocycles. The molecule has 0 aliphatic heterocycles. The number of hydrogen-bond donors (Lipinski definition) is 2. The van der Waals surface area contributed by atoms with E-state index in [1.54, 1.807) is 6.07 Å². The van der Waals surface area contributed by atoms with Gasteiger partial charge in [0.05, 0.1) is 11.6 Å². The van der Waals surface area contributed by atoms with E-state index in [9.17, 15) is 14.7 Å². The number of nitriles is 1. The van der Waals surface area contributed by atoms with Gasteiger partial charge in [-0.05, 0) is 12.5 Å². The molecule has 1 aromatic carbocycles. The number of carboxylic acid groups (broad SMARTS) is 1. The summed E-state index contributed by atoms with van der Waals surface area (Å²) in [6.07, 6.45) is -1.71. The Bertz CT molecular complexity index is 502. The molecule has 2 N–H and O–H groups in total. The molecule has 0 bridgehead atoms. The molecule has 1 rings (SSSR count). The Hall–Kier alpha value is -2.19. The van der Waals surface area contributed by atoms with Crippen molar-refractivity contribution in [3.05, 3.63) is 34.9 Å². The largest absolute Gasteiger partial charge is 0.479 e. The maximum atomic E-state index is 11.0. The molecule has 0 spiro atoms. The zero-order chi connectivity index (χ0) is 13.0. The number of rotatable bonds is 4. The molecule has 88 valence electrons. The van der Waals surface area contributed by atoms with E-state index in [-0.39, 0.29) is 23.3 Å². The molecule has 5 nitrogen and oxygen atoms in total. The molecule has 17 heavy (non-hydrogen) atoms. The molecule has 1 atom stereocenters. The Kier molecular flexibility index (Phi) is 3.96. The molecule has 1 aromatic rings. The Labute approximate surface area is 97.9 Å². The van der Waals surface area contributed by atoms with E-state index in [2.05, 4.69) is 0 Å². The number of carbonyl (C=O) groups excluding carboxylic acids is 1. The van der Waals surface area contributed by atoms with Crippen molar-refractivity contribution in [1.29, 1.82) is 5.26 Å². The molecular formula is C12H11NO4. The molecule has 5 heteroatoms. The van der Waals surface area contributed by atoms with E-state index in [1.807, 2.05) is 6.07 Å². The number of benzene rings is 1. The highest BCUT2D eigenvalue weighted by Gasteiger charge is 2.21. The number of ketones is 1. The van der Waals surface area contributed by atoms with Gasteiger partial charge in [0.25, 0.3) is 0 Å². The van der Waals surface area contributed by atoms with Crippen molar-refractivity contribution < 1.29 is 19.8 Å². The lowest BCUT2D eigenvalue weighted by molar-refractivity contribution is -0.147. The minimum Gasteiger partial charge on any atom is -0.479 e. The molecule has 0 amide bonds. The molecule has 0 saturated heterocycles. The summed E-state index contributed by atoms with van der Waals surface area (Å²) in [4.78, 5) is 21.7. The van der Waals surface area contributed by atoms with Crippen molar-refractivity contribution in [1.82, 2.24) is 0 Å². The van der Waals surface area contributed by atoms with Gasteiger partial charge in [-0.2, -0.15) is 5.26 Å². The lowest BCUT2D eigenvalue weighted by Gasteiger charge is -2.10. The summed E-state index contributed by atoms with van der Waals surface area (Å²) in [5.74, 6) is -1.56. The van der Waals surface area contributed by atoms with Gasteiger partial charge in [-0.1, -0.05) is 18.2 Å². The number of nitrogens with zero attached hydrogens (tertiary/aromatic N) is 1. The summed E-state index contributed by atoms with van der Waals surface area (Å²) in [5, 5.41) is 27.1. The highest BCUT2D eigenvalue weighted by molar-refractivity contribution is 5.80. The number of aliphatic hydroxyl groups excluding tert-OH is 1. The summed E-state index contributed by atoms with van der Waals surface area (Å²) >= 11 is 0. The molecule has 0 heterocycles. The molecule has 1 unspecified atom stereocenters. The van der Waals surface area contributed by atoms with E-state index in [1.165, 1.54) is 19.1 Å². The Morgan fingerprint density at radius 3 is 2.59 bits per heavy atom. The Morgan fingerprint density at radius 1 is 1.47 bits per heavy atom. The van der Waals surface area contributed by atoms with Crippen LogP contribution in [0.4, 0.5) is 0 Å². The second-order valence-electron chi connectivity index (χ2n) is 3.61. The van der Waals surface area contributed by atoms with Crippen molar-refractivity contribution in [3.8, 4) is 6.07 Å². The minimum atomic E-state index is -1.75. The van der Waals surface area contributed by atoms with Crippen LogP contribution in [0.2, 0.25) is 0 Å². The molecule has 0 radical (unpaired) electrons. The van der Waals surface area contributed by atoms with Crippen molar-refractivity contribution >= 4 is 11.8 Å². The second kappa shape index (κ2) is 5.23. The fraction of sp³-hybridized carbons (Fsp3) is 0.250. The standard InChI is InChI=1S/C12H11NO4/c1-7(14)5-8-3-2-4-9(10(8)6-13)11(15)12(16)17/h2-4,11,15H,5H2,1H3,(H,16,17). The van der Waals surface area contributed by atoms with E-state index in [4.69, 9.17) is 10.4 Å². The van der Waals surface area contributed by atoms with Gasteiger partial charge in [0.1, 0.15) is 5.78 Å². The van der Waals surface area contributed by atoms with E-state index >= 15 is 0 Å². The summed E-state index contributed by atoms with van der Waals surface area (Å²) in [6.45, 7) is 1.38. The zero-order valence-corrected chi connectivity index (χ0v) is 9.17. The van der Waals surface area contributed by atoms with Gasteiger partial charge in [0, 0.05) is 12.0 Å². The number of hydrogen-bond acceptors (Lipinski definition) is 4. The first-order chi connectivity index (χ1) is 7.97. The average molecular weight is 233 g/mol. The normalized spacial score (nSPS) is 11.6. The van der Waals surface area contributed by atoms with Crippen LogP contribution in [0.1, 0.15) is 29.7 Å². The fourth-order valence-corrected chi connectivity index (χ4v) is 1.53. The molecule has 0 aliphatic rings. The highest BCUT2D eigenvalue weighted by Crippen LogP contribution is 2.21. The van der Waals surface area contributed by atoms with E-state index in [0.717, 1.165) is 0 Å². The first-order valence-electron chi connectivity index (χ1n) is 4.89. The molecule has 0 saturated carbocycles. The van der Waals surface area contributed by atoms with Gasteiger partial charge in [-0.25, -0.2) is 4.79 Å². The van der Waals surface area contributed by atoms with Gasteiger partial charge < -0.3 is 10.2 Å². The maximum Gasteiger partial charge on any atom is 0.337 e. The van der Waals surface area contributed by atoms with Crippen LogP contribution in [0, 0.1) is 11.3 Å². The highest BCUT2D eigenvalue weighted by atomic mass is 16.4. The van der Waals surface area contributed by atoms with Crippen LogP contribution in [0.3, 0.4) is 0 Å². The first kappa shape index (κ1) is 12.9. The third-order valence-corrected chi connectivity index (χ3v) is 2.26. The average Bonchev–Trinajstić information content (AvgIpc) is 2.26. The molecular weight excluding hydrogens is 222 g/mol. The third-order valence-electron chi connectivity index (χ3n) is 2.26. The van der Waals surface area contributed by atoms with E-state index in [0.29, 0.717) is 5.56 Å². The SMILES string of the molecule is CC(=O)Cc1cccc(C(O)C(=O)O)c1C#N. The quantitative estimate of drug-likeness (QED) is 0.801. The molecule has 0 fully saturated rings. The smallest absolute Gasteiger partial charge is 0.337 e. The summed E-state index contributed by atoms with van der Waals surface area (Å²) < 4.78 is 0. The van der Waals surface area contributed by atoms with Crippen LogP contribution in [-0.2, 0) is 16.0 Å². The number of Topliss-reactive ketones (excluding diaryl/α,β-unsaturated/α-hetero) is 1. The zero-order valence-electron chi connectivity index (χ0n) is 9.17. The first-order valence-corrected chi connectivity index (χ1v) is 4.89. The van der Waals surface area contributed by atoms with Crippen molar-refractivity contribution in [3.63, 3.8) is 0 Å². The number of carboxylic acids is 1. The summed E-state index contributed by atoms with van der Waals surface area (Å²) in [7, 11) is 0. The fourth-order valence-electron chi connectivity index (χ4n) is 1.53. The van der Waals surface area contributed by atoms with Crippen LogP contribution < -0.4 is 0 Å². The molecule has 0 aromatic heterocycles. The third kappa shape index (κ3) is 2.89. The summed E-state index contributed by atoms with van der Waals surface area (Å²) in [5.41, 5.74) is 0.495. The lowest BCUT2D eigenvalue weighted by Crippen LogP contribution is -2.13.